The van der Waals surface area contributed by atoms with Crippen molar-refractivity contribution >= 4 is 16.8 Å². The van der Waals surface area contributed by atoms with Crippen LogP contribution in [0.5, 0.6) is 5.75 Å². The van der Waals surface area contributed by atoms with Gasteiger partial charge in [-0.2, -0.15) is 0 Å². The highest BCUT2D eigenvalue weighted by Gasteiger charge is 2.19. The minimum absolute atomic E-state index is 0.0724. The van der Waals surface area contributed by atoms with Crippen molar-refractivity contribution in [1.82, 2.24) is 9.55 Å². The Balaban J connectivity index is 1.96. The van der Waals surface area contributed by atoms with E-state index >= 15 is 0 Å². The number of ketones is 1. The molecular weight excluding hydrogens is 328 g/mol. The topological polar surface area (TPSA) is 64.3 Å². The van der Waals surface area contributed by atoms with Gasteiger partial charge in [-0.1, -0.05) is 24.3 Å². The molecule has 3 aromatic rings. The monoisotopic (exact) mass is 352 g/mol. The smallest absolute Gasteiger partial charge is 0.163 e. The molecule has 0 aliphatic rings. The highest BCUT2D eigenvalue weighted by atomic mass is 16.5. The number of benzene rings is 2. The van der Waals surface area contributed by atoms with E-state index in [2.05, 4.69) is 4.98 Å². The first-order valence-electron chi connectivity index (χ1n) is 8.68. The fraction of sp³-hybridized carbons (Fsp3) is 0.333. The first-order chi connectivity index (χ1) is 12.4. The molecule has 136 valence electrons. The third-order valence-corrected chi connectivity index (χ3v) is 4.92. The molecule has 0 radical (unpaired) electrons. The van der Waals surface area contributed by atoms with Gasteiger partial charge in [-0.3, -0.25) is 4.79 Å². The third kappa shape index (κ3) is 3.22. The van der Waals surface area contributed by atoms with Crippen LogP contribution in [0.4, 0.5) is 0 Å². The summed E-state index contributed by atoms with van der Waals surface area (Å²) >= 11 is 0. The number of methoxy groups -OCH3 is 1. The van der Waals surface area contributed by atoms with Crippen LogP contribution in [-0.2, 0) is 24.8 Å². The molecule has 0 saturated carbocycles. The Kier molecular flexibility index (Phi) is 5.09. The molecule has 0 unspecified atom stereocenters. The summed E-state index contributed by atoms with van der Waals surface area (Å²) in [5.41, 5.74) is 4.76. The van der Waals surface area contributed by atoms with E-state index in [0.717, 1.165) is 33.6 Å². The molecule has 1 aromatic heterocycles. The number of phenolic OH excluding ortho intramolecular Hbond substituents is 1. The zero-order chi connectivity index (χ0) is 18.8. The lowest BCUT2D eigenvalue weighted by Crippen LogP contribution is -2.06. The molecule has 0 amide bonds. The second-order valence-corrected chi connectivity index (χ2v) is 6.62. The molecule has 0 bridgehead atoms. The highest BCUT2D eigenvalue weighted by Crippen LogP contribution is 2.33. The van der Waals surface area contributed by atoms with Crippen LogP contribution in [0, 0.1) is 13.8 Å². The molecule has 3 rings (SSSR count). The Morgan fingerprint density at radius 1 is 1.27 bits per heavy atom. The molecule has 0 saturated heterocycles. The van der Waals surface area contributed by atoms with Crippen molar-refractivity contribution in [2.24, 2.45) is 7.05 Å². The SMILES string of the molecule is COCc1cc2c(nc(C)n2C)c(O)c1CCC(=O)c1ccccc1C. The number of rotatable bonds is 6. The number of hydrogen-bond donors (Lipinski definition) is 1. The third-order valence-electron chi connectivity index (χ3n) is 4.92. The maximum atomic E-state index is 12.6. The largest absolute Gasteiger partial charge is 0.505 e. The maximum absolute atomic E-state index is 12.6. The van der Waals surface area contributed by atoms with Crippen molar-refractivity contribution in [2.75, 3.05) is 7.11 Å². The number of hydrogen-bond acceptors (Lipinski definition) is 4. The Labute approximate surface area is 153 Å². The fourth-order valence-corrected chi connectivity index (χ4v) is 3.34. The number of imidazole rings is 1. The van der Waals surface area contributed by atoms with Gasteiger partial charge in [0.25, 0.3) is 0 Å². The number of aromatic nitrogens is 2. The lowest BCUT2D eigenvalue weighted by atomic mass is 9.96. The molecule has 0 fully saturated rings. The zero-order valence-corrected chi connectivity index (χ0v) is 15.7. The molecule has 1 heterocycles. The number of carbonyl (C=O) groups is 1. The first kappa shape index (κ1) is 18.1. The van der Waals surface area contributed by atoms with Crippen LogP contribution in [0.1, 0.15) is 39.3 Å². The molecule has 2 aromatic carbocycles. The van der Waals surface area contributed by atoms with E-state index in [-0.39, 0.29) is 11.5 Å². The van der Waals surface area contributed by atoms with Crippen LogP contribution in [0.3, 0.4) is 0 Å². The number of Topliss-reactive ketones (excluding diaryl/α,β-unsaturated/α-hetero) is 1. The number of carbonyl (C=O) groups excluding carboxylic acids is 1. The van der Waals surface area contributed by atoms with Crippen molar-refractivity contribution in [3.05, 3.63) is 58.4 Å². The van der Waals surface area contributed by atoms with Crippen molar-refractivity contribution in [3.8, 4) is 5.75 Å². The predicted molar refractivity (Wildman–Crippen MR) is 102 cm³/mol. The summed E-state index contributed by atoms with van der Waals surface area (Å²) in [6.45, 7) is 4.21. The molecule has 0 spiro atoms. The van der Waals surface area contributed by atoms with Crippen LogP contribution in [0.2, 0.25) is 0 Å². The second kappa shape index (κ2) is 7.30. The van der Waals surface area contributed by atoms with Crippen LogP contribution >= 0.6 is 0 Å². The van der Waals surface area contributed by atoms with Gasteiger partial charge in [0.15, 0.2) is 5.78 Å². The summed E-state index contributed by atoms with van der Waals surface area (Å²) < 4.78 is 7.24. The van der Waals surface area contributed by atoms with Crippen molar-refractivity contribution in [3.63, 3.8) is 0 Å². The number of aromatic hydroxyl groups is 1. The van der Waals surface area contributed by atoms with Crippen molar-refractivity contribution in [2.45, 2.75) is 33.3 Å². The van der Waals surface area contributed by atoms with Crippen LogP contribution in [-0.4, -0.2) is 27.6 Å². The van der Waals surface area contributed by atoms with Gasteiger partial charge in [-0.15, -0.1) is 0 Å². The predicted octanol–water partition coefficient (Wildman–Crippen LogP) is 3.86. The highest BCUT2D eigenvalue weighted by molar-refractivity contribution is 5.97. The van der Waals surface area contributed by atoms with E-state index in [4.69, 9.17) is 4.74 Å². The summed E-state index contributed by atoms with van der Waals surface area (Å²) in [5.74, 6) is 1.05. The molecule has 5 heteroatoms. The normalized spacial score (nSPS) is 11.2. The maximum Gasteiger partial charge on any atom is 0.163 e. The van der Waals surface area contributed by atoms with Gasteiger partial charge in [0.2, 0.25) is 0 Å². The summed E-state index contributed by atoms with van der Waals surface area (Å²) in [7, 11) is 3.54. The van der Waals surface area contributed by atoms with Gasteiger partial charge < -0.3 is 14.4 Å². The average Bonchev–Trinajstić information content (AvgIpc) is 2.90. The molecule has 26 heavy (non-hydrogen) atoms. The summed E-state index contributed by atoms with van der Waals surface area (Å²) in [5, 5.41) is 10.8. The molecule has 0 aliphatic heterocycles. The van der Waals surface area contributed by atoms with Gasteiger partial charge in [0.05, 0.1) is 12.1 Å². The lowest BCUT2D eigenvalue weighted by molar-refractivity contribution is 0.0982. The van der Waals surface area contributed by atoms with Crippen LogP contribution < -0.4 is 0 Å². The van der Waals surface area contributed by atoms with Gasteiger partial charge in [-0.05, 0) is 37.5 Å². The Bertz CT molecular complexity index is 973. The number of fused-ring (bicyclic) bond motifs is 1. The summed E-state index contributed by atoms with van der Waals surface area (Å²) in [6, 6.07) is 9.57. The van der Waals surface area contributed by atoms with E-state index in [1.807, 2.05) is 55.8 Å². The van der Waals surface area contributed by atoms with Gasteiger partial charge in [-0.25, -0.2) is 4.98 Å². The van der Waals surface area contributed by atoms with E-state index in [1.165, 1.54) is 0 Å². The second-order valence-electron chi connectivity index (χ2n) is 6.62. The zero-order valence-electron chi connectivity index (χ0n) is 15.7. The first-order valence-corrected chi connectivity index (χ1v) is 8.68. The van der Waals surface area contributed by atoms with Gasteiger partial charge >= 0.3 is 0 Å². The lowest BCUT2D eigenvalue weighted by Gasteiger charge is -2.13. The summed E-state index contributed by atoms with van der Waals surface area (Å²) in [6.07, 6.45) is 0.774. The Hall–Kier alpha value is -2.66. The quantitative estimate of drug-likeness (QED) is 0.684. The molecule has 0 aliphatic carbocycles. The Morgan fingerprint density at radius 2 is 2.00 bits per heavy atom. The number of aryl methyl sites for hydroxylation is 3. The molecule has 0 atom stereocenters. The number of phenols is 1. The van der Waals surface area contributed by atoms with E-state index < -0.39 is 0 Å². The van der Waals surface area contributed by atoms with Crippen molar-refractivity contribution in [1.29, 1.82) is 0 Å². The fourth-order valence-electron chi connectivity index (χ4n) is 3.34. The van der Waals surface area contributed by atoms with E-state index in [1.54, 1.807) is 7.11 Å². The Morgan fingerprint density at radius 3 is 2.69 bits per heavy atom. The number of ether oxygens (including phenoxy) is 1. The minimum Gasteiger partial charge on any atom is -0.505 e. The molecule has 1 N–H and O–H groups in total. The average molecular weight is 352 g/mol. The van der Waals surface area contributed by atoms with Crippen molar-refractivity contribution < 1.29 is 14.6 Å². The molecule has 5 nitrogen and oxygen atoms in total. The van der Waals surface area contributed by atoms with E-state index in [9.17, 15) is 9.90 Å². The van der Waals surface area contributed by atoms with Crippen LogP contribution in [0.25, 0.3) is 11.0 Å². The van der Waals surface area contributed by atoms with Gasteiger partial charge in [0, 0.05) is 31.7 Å². The van der Waals surface area contributed by atoms with E-state index in [0.29, 0.717) is 25.0 Å². The molecular formula is C21H24N2O3. The number of nitrogens with zero attached hydrogens (tertiary/aromatic N) is 2. The standard InChI is InChI=1S/C21H24N2O3/c1-13-7-5-6-8-16(13)19(24)10-9-17-15(12-26-4)11-18-20(21(17)25)22-14(2)23(18)3/h5-8,11,25H,9-10,12H2,1-4H3. The van der Waals surface area contributed by atoms with Crippen LogP contribution in [0.15, 0.2) is 30.3 Å². The minimum atomic E-state index is 0.0724. The summed E-state index contributed by atoms with van der Waals surface area (Å²) in [4.78, 5) is 17.1. The van der Waals surface area contributed by atoms with Gasteiger partial charge in [0.1, 0.15) is 17.1 Å².